The third-order valence-electron chi connectivity index (χ3n) is 3.66. The number of anilines is 1. The predicted octanol–water partition coefficient (Wildman–Crippen LogP) is 3.69. The maximum absolute atomic E-state index is 11.9. The molecule has 2 aromatic rings. The smallest absolute Gasteiger partial charge is 0.331 e. The minimum Gasteiger partial charge on any atom is -0.497 e. The highest BCUT2D eigenvalue weighted by Gasteiger charge is 2.08. The number of ether oxygens (including phenoxy) is 4. The molecular weight excluding hydrogens is 374 g/mol. The summed E-state index contributed by atoms with van der Waals surface area (Å²) in [6.45, 7) is 3.45. The molecule has 2 rings (SSSR count). The molecule has 2 aromatic carbocycles. The molecular formula is C22H25NO6. The van der Waals surface area contributed by atoms with Gasteiger partial charge < -0.3 is 24.3 Å². The van der Waals surface area contributed by atoms with Crippen molar-refractivity contribution in [1.29, 1.82) is 0 Å². The van der Waals surface area contributed by atoms with E-state index in [1.165, 1.54) is 13.2 Å². The minimum absolute atomic E-state index is 0.0170. The Hall–Kier alpha value is -3.48. The third-order valence-corrected chi connectivity index (χ3v) is 3.66. The third kappa shape index (κ3) is 7.21. The maximum atomic E-state index is 11.9. The van der Waals surface area contributed by atoms with Gasteiger partial charge in [-0.1, -0.05) is 12.1 Å². The zero-order valence-corrected chi connectivity index (χ0v) is 16.9. The highest BCUT2D eigenvalue weighted by molar-refractivity contribution is 5.94. The van der Waals surface area contributed by atoms with Gasteiger partial charge in [0.05, 0.1) is 20.3 Å². The summed E-state index contributed by atoms with van der Waals surface area (Å²) in [6, 6.07) is 12.2. The van der Waals surface area contributed by atoms with E-state index in [9.17, 15) is 9.59 Å². The minimum atomic E-state index is -0.632. The van der Waals surface area contributed by atoms with Crippen LogP contribution in [0.2, 0.25) is 0 Å². The van der Waals surface area contributed by atoms with Crippen LogP contribution in [0.5, 0.6) is 17.2 Å². The first kappa shape index (κ1) is 21.8. The van der Waals surface area contributed by atoms with E-state index in [4.69, 9.17) is 18.9 Å². The molecule has 0 aromatic heterocycles. The fraction of sp³-hybridized carbons (Fsp3) is 0.273. The second-order valence-electron chi connectivity index (χ2n) is 6.30. The summed E-state index contributed by atoms with van der Waals surface area (Å²) in [7, 11) is 3.08. The lowest BCUT2D eigenvalue weighted by molar-refractivity contribution is -0.142. The van der Waals surface area contributed by atoms with Crippen LogP contribution in [0.25, 0.3) is 6.08 Å². The molecule has 0 saturated heterocycles. The van der Waals surface area contributed by atoms with Crippen molar-refractivity contribution in [2.75, 3.05) is 26.1 Å². The Morgan fingerprint density at radius 3 is 2.52 bits per heavy atom. The molecule has 0 radical (unpaired) electrons. The number of amides is 1. The summed E-state index contributed by atoms with van der Waals surface area (Å²) < 4.78 is 21.0. The highest BCUT2D eigenvalue weighted by atomic mass is 16.5. The van der Waals surface area contributed by atoms with Crippen molar-refractivity contribution >= 4 is 23.6 Å². The second kappa shape index (κ2) is 10.8. The lowest BCUT2D eigenvalue weighted by Crippen LogP contribution is -2.20. The van der Waals surface area contributed by atoms with Crippen LogP contribution in [0.3, 0.4) is 0 Å². The molecule has 29 heavy (non-hydrogen) atoms. The zero-order valence-electron chi connectivity index (χ0n) is 16.9. The molecule has 0 saturated carbocycles. The number of methoxy groups -OCH3 is 2. The van der Waals surface area contributed by atoms with Gasteiger partial charge in [0.25, 0.3) is 5.91 Å². The van der Waals surface area contributed by atoms with E-state index in [0.29, 0.717) is 22.9 Å². The molecule has 1 amide bonds. The van der Waals surface area contributed by atoms with E-state index in [1.807, 2.05) is 13.8 Å². The SMILES string of the molecule is COc1cccc(NC(=O)COC(=O)/C=C/c2ccc(OC(C)C)c(OC)c2)c1. The van der Waals surface area contributed by atoms with Crippen molar-refractivity contribution in [3.63, 3.8) is 0 Å². The molecule has 1 N–H and O–H groups in total. The van der Waals surface area contributed by atoms with Gasteiger partial charge in [-0.2, -0.15) is 0 Å². The zero-order chi connectivity index (χ0) is 21.2. The predicted molar refractivity (Wildman–Crippen MR) is 110 cm³/mol. The Kier molecular flexibility index (Phi) is 8.09. The van der Waals surface area contributed by atoms with E-state index in [0.717, 1.165) is 5.56 Å². The summed E-state index contributed by atoms with van der Waals surface area (Å²) >= 11 is 0. The summed E-state index contributed by atoms with van der Waals surface area (Å²) in [5.74, 6) is 0.718. The number of hydrogen-bond donors (Lipinski definition) is 1. The van der Waals surface area contributed by atoms with Crippen molar-refractivity contribution in [2.24, 2.45) is 0 Å². The van der Waals surface area contributed by atoms with Crippen molar-refractivity contribution < 1.29 is 28.5 Å². The molecule has 0 spiro atoms. The molecule has 0 bridgehead atoms. The van der Waals surface area contributed by atoms with Crippen LogP contribution in [-0.2, 0) is 14.3 Å². The topological polar surface area (TPSA) is 83.1 Å². The van der Waals surface area contributed by atoms with E-state index in [2.05, 4.69) is 5.32 Å². The normalized spacial score (nSPS) is 10.7. The molecule has 0 unspecified atom stereocenters. The number of carbonyl (C=O) groups is 2. The molecule has 0 fully saturated rings. The molecule has 0 aliphatic heterocycles. The van der Waals surface area contributed by atoms with Crippen molar-refractivity contribution in [3.05, 3.63) is 54.1 Å². The lowest BCUT2D eigenvalue weighted by Gasteiger charge is -2.13. The summed E-state index contributed by atoms with van der Waals surface area (Å²) in [4.78, 5) is 23.8. The summed E-state index contributed by atoms with van der Waals surface area (Å²) in [5, 5.41) is 2.63. The van der Waals surface area contributed by atoms with Gasteiger partial charge in [-0.05, 0) is 49.8 Å². The van der Waals surface area contributed by atoms with Crippen LogP contribution >= 0.6 is 0 Å². The Morgan fingerprint density at radius 1 is 1.03 bits per heavy atom. The number of hydrogen-bond acceptors (Lipinski definition) is 6. The van der Waals surface area contributed by atoms with Gasteiger partial charge >= 0.3 is 5.97 Å². The number of rotatable bonds is 9. The average Bonchev–Trinajstić information content (AvgIpc) is 2.71. The number of nitrogens with one attached hydrogen (secondary N) is 1. The van der Waals surface area contributed by atoms with Crippen LogP contribution in [0.15, 0.2) is 48.5 Å². The fourth-order valence-corrected chi connectivity index (χ4v) is 2.39. The van der Waals surface area contributed by atoms with Gasteiger partial charge in [-0.25, -0.2) is 4.79 Å². The van der Waals surface area contributed by atoms with E-state index in [1.54, 1.807) is 55.7 Å². The second-order valence-corrected chi connectivity index (χ2v) is 6.30. The van der Waals surface area contributed by atoms with Gasteiger partial charge in [0.15, 0.2) is 18.1 Å². The lowest BCUT2D eigenvalue weighted by atomic mass is 10.2. The van der Waals surface area contributed by atoms with Crippen molar-refractivity contribution in [1.82, 2.24) is 0 Å². The molecule has 7 nitrogen and oxygen atoms in total. The van der Waals surface area contributed by atoms with Gasteiger partial charge in [-0.3, -0.25) is 4.79 Å². The number of esters is 1. The van der Waals surface area contributed by atoms with Gasteiger partial charge in [0, 0.05) is 17.8 Å². The van der Waals surface area contributed by atoms with Gasteiger partial charge in [0.1, 0.15) is 5.75 Å². The van der Waals surface area contributed by atoms with Crippen LogP contribution in [0.1, 0.15) is 19.4 Å². The molecule has 0 heterocycles. The Bertz CT molecular complexity index is 875. The Balaban J connectivity index is 1.88. The first-order valence-corrected chi connectivity index (χ1v) is 9.04. The van der Waals surface area contributed by atoms with Crippen molar-refractivity contribution in [2.45, 2.75) is 20.0 Å². The fourth-order valence-electron chi connectivity index (χ4n) is 2.39. The maximum Gasteiger partial charge on any atom is 0.331 e. The summed E-state index contributed by atoms with van der Waals surface area (Å²) in [6.07, 6.45) is 2.84. The first-order valence-electron chi connectivity index (χ1n) is 9.04. The van der Waals surface area contributed by atoms with E-state index < -0.39 is 18.5 Å². The molecule has 0 aliphatic carbocycles. The van der Waals surface area contributed by atoms with Crippen LogP contribution in [0.4, 0.5) is 5.69 Å². The Labute approximate surface area is 170 Å². The summed E-state index contributed by atoms with van der Waals surface area (Å²) in [5.41, 5.74) is 1.28. The number of carbonyl (C=O) groups excluding carboxylic acids is 2. The standard InChI is InChI=1S/C22H25NO6/c1-15(2)29-19-10-8-16(12-20(19)27-4)9-11-22(25)28-14-21(24)23-17-6-5-7-18(13-17)26-3/h5-13,15H,14H2,1-4H3,(H,23,24)/b11-9+. The van der Waals surface area contributed by atoms with Crippen molar-refractivity contribution in [3.8, 4) is 17.2 Å². The highest BCUT2D eigenvalue weighted by Crippen LogP contribution is 2.29. The van der Waals surface area contributed by atoms with Gasteiger partial charge in [-0.15, -0.1) is 0 Å². The largest absolute Gasteiger partial charge is 0.497 e. The molecule has 154 valence electrons. The molecule has 7 heteroatoms. The first-order chi connectivity index (χ1) is 13.9. The average molecular weight is 399 g/mol. The Morgan fingerprint density at radius 2 is 1.83 bits per heavy atom. The monoisotopic (exact) mass is 399 g/mol. The van der Waals surface area contributed by atoms with Crippen LogP contribution in [0, 0.1) is 0 Å². The quantitative estimate of drug-likeness (QED) is 0.512. The van der Waals surface area contributed by atoms with Crippen LogP contribution in [-0.4, -0.2) is 38.8 Å². The molecule has 0 atom stereocenters. The van der Waals surface area contributed by atoms with E-state index >= 15 is 0 Å². The molecule has 0 aliphatic rings. The van der Waals surface area contributed by atoms with Gasteiger partial charge in [0.2, 0.25) is 0 Å². The van der Waals surface area contributed by atoms with Crippen LogP contribution < -0.4 is 19.5 Å². The number of benzene rings is 2. The van der Waals surface area contributed by atoms with E-state index in [-0.39, 0.29) is 6.10 Å².